The van der Waals surface area contributed by atoms with Crippen LogP contribution in [0.2, 0.25) is 0 Å². The molecular weight excluding hydrogens is 245 g/mol. The number of nitrogens with two attached hydrogens (primary N) is 1. The van der Waals surface area contributed by atoms with E-state index in [1.807, 2.05) is 24.3 Å². The van der Waals surface area contributed by atoms with Crippen molar-refractivity contribution in [2.45, 2.75) is 12.5 Å². The van der Waals surface area contributed by atoms with Crippen LogP contribution < -0.4 is 5.73 Å². The summed E-state index contributed by atoms with van der Waals surface area (Å²) in [7, 11) is 0. The van der Waals surface area contributed by atoms with Gasteiger partial charge in [-0.25, -0.2) is 4.39 Å². The number of benzene rings is 2. The van der Waals surface area contributed by atoms with Gasteiger partial charge in [-0.2, -0.15) is 0 Å². The maximum atomic E-state index is 12.9. The zero-order valence-electron chi connectivity index (χ0n) is 10.2. The third kappa shape index (κ3) is 3.17. The van der Waals surface area contributed by atoms with Gasteiger partial charge in [0.25, 0.3) is 0 Å². The fourth-order valence-corrected chi connectivity index (χ4v) is 1.93. The van der Waals surface area contributed by atoms with E-state index in [0.29, 0.717) is 0 Å². The van der Waals surface area contributed by atoms with Crippen LogP contribution in [0.25, 0.3) is 11.1 Å². The molecule has 0 amide bonds. The summed E-state index contributed by atoms with van der Waals surface area (Å²) in [6.07, 6.45) is 0.239. The molecule has 1 unspecified atom stereocenters. The lowest BCUT2D eigenvalue weighted by Crippen LogP contribution is -2.32. The van der Waals surface area contributed by atoms with Crippen LogP contribution in [0.3, 0.4) is 0 Å². The van der Waals surface area contributed by atoms with Crippen molar-refractivity contribution in [3.63, 3.8) is 0 Å². The molecule has 98 valence electrons. The monoisotopic (exact) mass is 259 g/mol. The second-order valence-electron chi connectivity index (χ2n) is 4.31. The van der Waals surface area contributed by atoms with E-state index < -0.39 is 12.0 Å². The fourth-order valence-electron chi connectivity index (χ4n) is 1.93. The number of halogens is 1. The summed E-state index contributed by atoms with van der Waals surface area (Å²) < 4.78 is 12.9. The standard InChI is InChI=1S/C15H14FNO2/c16-12-7-5-10(6-8-12)13-4-2-1-3-11(13)9-14(17)15(18)19/h1-8,14H,9,17H2,(H,18,19). The lowest BCUT2D eigenvalue weighted by Gasteiger charge is -2.12. The van der Waals surface area contributed by atoms with E-state index in [1.54, 1.807) is 12.1 Å². The van der Waals surface area contributed by atoms with E-state index >= 15 is 0 Å². The van der Waals surface area contributed by atoms with Crippen LogP contribution in [0.5, 0.6) is 0 Å². The Bertz CT molecular complexity index is 581. The summed E-state index contributed by atoms with van der Waals surface area (Å²) >= 11 is 0. The molecule has 19 heavy (non-hydrogen) atoms. The number of carbonyl (C=O) groups is 1. The smallest absolute Gasteiger partial charge is 0.320 e. The first-order valence-electron chi connectivity index (χ1n) is 5.90. The van der Waals surface area contributed by atoms with Crippen LogP contribution in [-0.2, 0) is 11.2 Å². The first-order chi connectivity index (χ1) is 9.08. The summed E-state index contributed by atoms with van der Waals surface area (Å²) in [4.78, 5) is 10.8. The van der Waals surface area contributed by atoms with Crippen molar-refractivity contribution in [1.29, 1.82) is 0 Å². The minimum Gasteiger partial charge on any atom is -0.480 e. The summed E-state index contributed by atoms with van der Waals surface area (Å²) in [5.41, 5.74) is 8.11. The van der Waals surface area contributed by atoms with E-state index in [4.69, 9.17) is 10.8 Å². The molecular formula is C15H14FNO2. The van der Waals surface area contributed by atoms with Gasteiger partial charge >= 0.3 is 5.97 Å². The molecule has 0 spiro atoms. The molecule has 0 aliphatic rings. The minimum absolute atomic E-state index is 0.239. The average Bonchev–Trinajstić information content (AvgIpc) is 2.40. The molecule has 0 aliphatic carbocycles. The molecule has 0 aromatic heterocycles. The van der Waals surface area contributed by atoms with Gasteiger partial charge in [0.15, 0.2) is 0 Å². The molecule has 3 N–H and O–H groups in total. The zero-order valence-corrected chi connectivity index (χ0v) is 10.2. The number of hydrogen-bond acceptors (Lipinski definition) is 2. The van der Waals surface area contributed by atoms with E-state index in [2.05, 4.69) is 0 Å². The lowest BCUT2D eigenvalue weighted by molar-refractivity contribution is -0.138. The van der Waals surface area contributed by atoms with Gasteiger partial charge < -0.3 is 10.8 Å². The van der Waals surface area contributed by atoms with Gasteiger partial charge in [0.05, 0.1) is 0 Å². The number of hydrogen-bond donors (Lipinski definition) is 2. The maximum Gasteiger partial charge on any atom is 0.320 e. The first kappa shape index (κ1) is 13.2. The topological polar surface area (TPSA) is 63.3 Å². The number of aliphatic carboxylic acids is 1. The van der Waals surface area contributed by atoms with Crippen molar-refractivity contribution < 1.29 is 14.3 Å². The molecule has 0 heterocycles. The molecule has 2 aromatic carbocycles. The van der Waals surface area contributed by atoms with Gasteiger partial charge in [0.2, 0.25) is 0 Å². The summed E-state index contributed by atoms with van der Waals surface area (Å²) in [5, 5.41) is 8.87. The second kappa shape index (κ2) is 5.63. The van der Waals surface area contributed by atoms with Gasteiger partial charge in [0, 0.05) is 0 Å². The predicted octanol–water partition coefficient (Wildman–Crippen LogP) is 2.45. The van der Waals surface area contributed by atoms with Crippen LogP contribution in [0.4, 0.5) is 4.39 Å². The Balaban J connectivity index is 2.35. The van der Waals surface area contributed by atoms with Crippen molar-refractivity contribution in [2.75, 3.05) is 0 Å². The Morgan fingerprint density at radius 1 is 1.16 bits per heavy atom. The Morgan fingerprint density at radius 2 is 1.79 bits per heavy atom. The highest BCUT2D eigenvalue weighted by molar-refractivity contribution is 5.75. The highest BCUT2D eigenvalue weighted by Crippen LogP contribution is 2.24. The highest BCUT2D eigenvalue weighted by Gasteiger charge is 2.14. The maximum absolute atomic E-state index is 12.9. The summed E-state index contributed by atoms with van der Waals surface area (Å²) in [6.45, 7) is 0. The average molecular weight is 259 g/mol. The third-order valence-electron chi connectivity index (χ3n) is 2.93. The Labute approximate surface area is 110 Å². The van der Waals surface area contributed by atoms with Crippen LogP contribution >= 0.6 is 0 Å². The Hall–Kier alpha value is -2.20. The number of carboxylic acid groups (broad SMARTS) is 1. The van der Waals surface area contributed by atoms with Gasteiger partial charge in [-0.3, -0.25) is 4.79 Å². The molecule has 0 bridgehead atoms. The molecule has 0 aliphatic heterocycles. The molecule has 2 aromatic rings. The van der Waals surface area contributed by atoms with E-state index in [9.17, 15) is 9.18 Å². The largest absolute Gasteiger partial charge is 0.480 e. The van der Waals surface area contributed by atoms with Crippen LogP contribution in [-0.4, -0.2) is 17.1 Å². The van der Waals surface area contributed by atoms with E-state index in [1.165, 1.54) is 12.1 Å². The quantitative estimate of drug-likeness (QED) is 0.886. The molecule has 2 rings (SSSR count). The summed E-state index contributed by atoms with van der Waals surface area (Å²) in [6, 6.07) is 12.5. The Morgan fingerprint density at radius 3 is 2.42 bits per heavy atom. The molecule has 1 atom stereocenters. The molecule has 0 saturated heterocycles. The van der Waals surface area contributed by atoms with Crippen LogP contribution in [0, 0.1) is 5.82 Å². The SMILES string of the molecule is NC(Cc1ccccc1-c1ccc(F)cc1)C(=O)O. The van der Waals surface area contributed by atoms with Crippen molar-refractivity contribution in [3.8, 4) is 11.1 Å². The molecule has 0 radical (unpaired) electrons. The van der Waals surface area contributed by atoms with Crippen molar-refractivity contribution in [1.82, 2.24) is 0 Å². The molecule has 4 heteroatoms. The fraction of sp³-hybridized carbons (Fsp3) is 0.133. The minimum atomic E-state index is -1.03. The first-order valence-corrected chi connectivity index (χ1v) is 5.90. The number of rotatable bonds is 4. The zero-order chi connectivity index (χ0) is 13.8. The van der Waals surface area contributed by atoms with Crippen molar-refractivity contribution in [3.05, 3.63) is 59.9 Å². The van der Waals surface area contributed by atoms with Gasteiger partial charge in [-0.1, -0.05) is 36.4 Å². The van der Waals surface area contributed by atoms with Crippen LogP contribution in [0.15, 0.2) is 48.5 Å². The highest BCUT2D eigenvalue weighted by atomic mass is 19.1. The molecule has 3 nitrogen and oxygen atoms in total. The van der Waals surface area contributed by atoms with Gasteiger partial charge in [-0.05, 0) is 35.2 Å². The lowest BCUT2D eigenvalue weighted by atomic mass is 9.95. The molecule has 0 saturated carbocycles. The normalized spacial score (nSPS) is 12.1. The number of carboxylic acids is 1. The van der Waals surface area contributed by atoms with Crippen molar-refractivity contribution >= 4 is 5.97 Å². The third-order valence-corrected chi connectivity index (χ3v) is 2.93. The van der Waals surface area contributed by atoms with Crippen molar-refractivity contribution in [2.24, 2.45) is 5.73 Å². The predicted molar refractivity (Wildman–Crippen MR) is 71.2 cm³/mol. The van der Waals surface area contributed by atoms with Gasteiger partial charge in [-0.15, -0.1) is 0 Å². The van der Waals surface area contributed by atoms with Gasteiger partial charge in [0.1, 0.15) is 11.9 Å². The second-order valence-corrected chi connectivity index (χ2v) is 4.31. The molecule has 0 fully saturated rings. The van der Waals surface area contributed by atoms with E-state index in [-0.39, 0.29) is 12.2 Å². The van der Waals surface area contributed by atoms with Crippen LogP contribution in [0.1, 0.15) is 5.56 Å². The summed E-state index contributed by atoms with van der Waals surface area (Å²) in [5.74, 6) is -1.34. The van der Waals surface area contributed by atoms with E-state index in [0.717, 1.165) is 16.7 Å². The Kier molecular flexibility index (Phi) is 3.92.